The fourth-order valence-corrected chi connectivity index (χ4v) is 3.54. The summed E-state index contributed by atoms with van der Waals surface area (Å²) in [5.41, 5.74) is 0. The molecule has 1 aliphatic heterocycles. The zero-order valence-corrected chi connectivity index (χ0v) is 13.2. The van der Waals surface area contributed by atoms with E-state index in [2.05, 4.69) is 19.2 Å². The molecule has 1 aromatic rings. The largest absolute Gasteiger partial charge is 0.481 e. The average Bonchev–Trinajstić information content (AvgIpc) is 2.98. The Kier molecular flexibility index (Phi) is 5.22. The number of carbonyl (C=O) groups excluding carboxylic acids is 1. The smallest absolute Gasteiger partial charge is 0.317 e. The summed E-state index contributed by atoms with van der Waals surface area (Å²) >= 11 is 1.64. The van der Waals surface area contributed by atoms with E-state index in [1.54, 1.807) is 16.2 Å². The molecule has 2 rings (SSSR count). The van der Waals surface area contributed by atoms with Crippen molar-refractivity contribution in [1.29, 1.82) is 0 Å². The van der Waals surface area contributed by atoms with Crippen LogP contribution in [-0.2, 0) is 4.79 Å². The van der Waals surface area contributed by atoms with Gasteiger partial charge in [-0.3, -0.25) is 4.79 Å². The van der Waals surface area contributed by atoms with Crippen LogP contribution >= 0.6 is 11.3 Å². The van der Waals surface area contributed by atoms with E-state index in [4.69, 9.17) is 5.11 Å². The Morgan fingerprint density at radius 1 is 1.38 bits per heavy atom. The van der Waals surface area contributed by atoms with Crippen molar-refractivity contribution < 1.29 is 14.7 Å². The van der Waals surface area contributed by atoms with Crippen molar-refractivity contribution in [2.45, 2.75) is 32.7 Å². The van der Waals surface area contributed by atoms with E-state index >= 15 is 0 Å². The lowest BCUT2D eigenvalue weighted by atomic mass is 9.97. The minimum Gasteiger partial charge on any atom is -0.481 e. The molecule has 0 bridgehead atoms. The SMILES string of the molecule is CC(C)C(NC(=O)N1CCC(C(=O)O)CC1)c1cccs1. The van der Waals surface area contributed by atoms with Gasteiger partial charge < -0.3 is 15.3 Å². The molecule has 0 spiro atoms. The third-order valence-electron chi connectivity index (χ3n) is 3.93. The summed E-state index contributed by atoms with van der Waals surface area (Å²) in [6, 6.07) is 3.94. The molecule has 5 nitrogen and oxygen atoms in total. The standard InChI is InChI=1S/C15H22N2O3S/c1-10(2)13(12-4-3-9-21-12)16-15(20)17-7-5-11(6-8-17)14(18)19/h3-4,9-11,13H,5-8H2,1-2H3,(H,16,20)(H,18,19). The highest BCUT2D eigenvalue weighted by atomic mass is 32.1. The summed E-state index contributed by atoms with van der Waals surface area (Å²) < 4.78 is 0. The van der Waals surface area contributed by atoms with Crippen molar-refractivity contribution >= 4 is 23.3 Å². The highest BCUT2D eigenvalue weighted by Crippen LogP contribution is 2.26. The molecule has 1 aliphatic rings. The maximum absolute atomic E-state index is 12.4. The summed E-state index contributed by atoms with van der Waals surface area (Å²) in [4.78, 5) is 26.2. The number of carboxylic acids is 1. The number of amides is 2. The second kappa shape index (κ2) is 6.93. The second-order valence-electron chi connectivity index (χ2n) is 5.79. The van der Waals surface area contributed by atoms with Crippen LogP contribution in [0.1, 0.15) is 37.6 Å². The number of nitrogens with one attached hydrogen (secondary N) is 1. The average molecular weight is 310 g/mol. The number of carboxylic acid groups (broad SMARTS) is 1. The van der Waals surface area contributed by atoms with Gasteiger partial charge in [0.2, 0.25) is 0 Å². The van der Waals surface area contributed by atoms with Crippen LogP contribution < -0.4 is 5.32 Å². The van der Waals surface area contributed by atoms with Gasteiger partial charge in [-0.2, -0.15) is 0 Å². The van der Waals surface area contributed by atoms with Gasteiger partial charge in [-0.25, -0.2) is 4.79 Å². The zero-order chi connectivity index (χ0) is 15.4. The fraction of sp³-hybridized carbons (Fsp3) is 0.600. The molecule has 21 heavy (non-hydrogen) atoms. The van der Waals surface area contributed by atoms with E-state index < -0.39 is 5.97 Å². The molecule has 1 aromatic heterocycles. The van der Waals surface area contributed by atoms with Gasteiger partial charge in [0.1, 0.15) is 0 Å². The van der Waals surface area contributed by atoms with Crippen LogP contribution in [-0.4, -0.2) is 35.1 Å². The summed E-state index contributed by atoms with van der Waals surface area (Å²) in [5.74, 6) is -0.759. The number of hydrogen-bond acceptors (Lipinski definition) is 3. The molecular formula is C15H22N2O3S. The Labute approximate surface area is 129 Å². The van der Waals surface area contributed by atoms with Gasteiger partial charge in [-0.05, 0) is 30.2 Å². The van der Waals surface area contributed by atoms with E-state index in [1.165, 1.54) is 0 Å². The predicted octanol–water partition coefficient (Wildman–Crippen LogP) is 2.95. The van der Waals surface area contributed by atoms with Crippen molar-refractivity contribution in [3.8, 4) is 0 Å². The van der Waals surface area contributed by atoms with Crippen LogP contribution in [0.3, 0.4) is 0 Å². The predicted molar refractivity (Wildman–Crippen MR) is 82.4 cm³/mol. The van der Waals surface area contributed by atoms with Gasteiger partial charge in [-0.1, -0.05) is 19.9 Å². The van der Waals surface area contributed by atoms with Crippen molar-refractivity contribution in [2.75, 3.05) is 13.1 Å². The number of piperidine rings is 1. The van der Waals surface area contributed by atoms with Crippen molar-refractivity contribution in [2.24, 2.45) is 11.8 Å². The van der Waals surface area contributed by atoms with Crippen LogP contribution in [0.25, 0.3) is 0 Å². The normalized spacial score (nSPS) is 17.8. The van der Waals surface area contributed by atoms with Crippen LogP contribution in [0.2, 0.25) is 0 Å². The van der Waals surface area contributed by atoms with E-state index in [9.17, 15) is 9.59 Å². The van der Waals surface area contributed by atoms with E-state index in [0.29, 0.717) is 31.8 Å². The minimum absolute atomic E-state index is 0.00898. The van der Waals surface area contributed by atoms with Crippen LogP contribution in [0.15, 0.2) is 17.5 Å². The van der Waals surface area contributed by atoms with Gasteiger partial charge in [0.25, 0.3) is 0 Å². The Hall–Kier alpha value is -1.56. The molecule has 2 heterocycles. The summed E-state index contributed by atoms with van der Waals surface area (Å²) in [6.07, 6.45) is 1.07. The van der Waals surface area contributed by atoms with Crippen LogP contribution in [0, 0.1) is 11.8 Å². The first kappa shape index (κ1) is 15.8. The number of thiophene rings is 1. The van der Waals surface area contributed by atoms with Gasteiger partial charge in [0.15, 0.2) is 0 Å². The number of carbonyl (C=O) groups is 2. The monoisotopic (exact) mass is 310 g/mol. The molecule has 1 saturated heterocycles. The Morgan fingerprint density at radius 2 is 2.05 bits per heavy atom. The Balaban J connectivity index is 1.93. The number of hydrogen-bond donors (Lipinski definition) is 2. The molecule has 0 saturated carbocycles. The van der Waals surface area contributed by atoms with Crippen LogP contribution in [0.5, 0.6) is 0 Å². The maximum atomic E-state index is 12.4. The molecule has 0 radical (unpaired) electrons. The Morgan fingerprint density at radius 3 is 2.52 bits per heavy atom. The summed E-state index contributed by atoms with van der Waals surface area (Å²) in [7, 11) is 0. The lowest BCUT2D eigenvalue weighted by Crippen LogP contribution is -2.47. The van der Waals surface area contributed by atoms with Crippen molar-refractivity contribution in [3.05, 3.63) is 22.4 Å². The molecule has 1 fully saturated rings. The molecular weight excluding hydrogens is 288 g/mol. The molecule has 2 N–H and O–H groups in total. The molecule has 2 amide bonds. The summed E-state index contributed by atoms with van der Waals surface area (Å²) in [6.45, 7) is 5.19. The highest BCUT2D eigenvalue weighted by molar-refractivity contribution is 7.10. The molecule has 0 aliphatic carbocycles. The molecule has 116 valence electrons. The number of likely N-dealkylation sites (tertiary alicyclic amines) is 1. The quantitative estimate of drug-likeness (QED) is 0.898. The van der Waals surface area contributed by atoms with E-state index in [0.717, 1.165) is 4.88 Å². The first-order chi connectivity index (χ1) is 9.99. The molecule has 0 aromatic carbocycles. The van der Waals surface area contributed by atoms with Gasteiger partial charge in [0.05, 0.1) is 12.0 Å². The van der Waals surface area contributed by atoms with Crippen molar-refractivity contribution in [1.82, 2.24) is 10.2 Å². The zero-order valence-electron chi connectivity index (χ0n) is 12.4. The lowest BCUT2D eigenvalue weighted by Gasteiger charge is -2.32. The lowest BCUT2D eigenvalue weighted by molar-refractivity contribution is -0.143. The first-order valence-corrected chi connectivity index (χ1v) is 8.18. The topological polar surface area (TPSA) is 69.6 Å². The summed E-state index contributed by atoms with van der Waals surface area (Å²) in [5, 5.41) is 14.1. The third kappa shape index (κ3) is 3.97. The number of aliphatic carboxylic acids is 1. The number of nitrogens with zero attached hydrogens (tertiary/aromatic N) is 1. The number of urea groups is 1. The van der Waals surface area contributed by atoms with Crippen LogP contribution in [0.4, 0.5) is 4.79 Å². The maximum Gasteiger partial charge on any atom is 0.317 e. The van der Waals surface area contributed by atoms with Gasteiger partial charge >= 0.3 is 12.0 Å². The van der Waals surface area contributed by atoms with Gasteiger partial charge in [-0.15, -0.1) is 11.3 Å². The van der Waals surface area contributed by atoms with E-state index in [-0.39, 0.29) is 18.0 Å². The molecule has 6 heteroatoms. The third-order valence-corrected chi connectivity index (χ3v) is 4.88. The second-order valence-corrected chi connectivity index (χ2v) is 6.77. The molecule has 1 atom stereocenters. The number of rotatable bonds is 4. The minimum atomic E-state index is -0.756. The highest BCUT2D eigenvalue weighted by Gasteiger charge is 2.28. The van der Waals surface area contributed by atoms with Crippen molar-refractivity contribution in [3.63, 3.8) is 0 Å². The fourth-order valence-electron chi connectivity index (χ4n) is 2.59. The first-order valence-electron chi connectivity index (χ1n) is 7.30. The molecule has 1 unspecified atom stereocenters. The Bertz CT molecular complexity index is 479. The van der Waals surface area contributed by atoms with E-state index in [1.807, 2.05) is 17.5 Å². The van der Waals surface area contributed by atoms with Gasteiger partial charge in [0, 0.05) is 18.0 Å².